The van der Waals surface area contributed by atoms with Gasteiger partial charge in [-0.15, -0.1) is 0 Å². The maximum Gasteiger partial charge on any atom is 0.277 e. The third kappa shape index (κ3) is 6.70. The molecular weight excluding hydrogens is 380 g/mol. The molecule has 1 unspecified atom stereocenters. The largest absolute Gasteiger partial charge is 0.355 e. The number of para-hydroxylation sites is 1. The van der Waals surface area contributed by atoms with Crippen molar-refractivity contribution in [2.75, 3.05) is 39.5 Å². The first-order chi connectivity index (χ1) is 14.3. The van der Waals surface area contributed by atoms with Crippen molar-refractivity contribution in [2.24, 2.45) is 0 Å². The Morgan fingerprint density at radius 1 is 1.03 bits per heavy atom. The molecule has 0 spiro atoms. The number of hydrogen-bond acceptors (Lipinski definition) is 3. The van der Waals surface area contributed by atoms with Gasteiger partial charge in [-0.25, -0.2) is 0 Å². The summed E-state index contributed by atoms with van der Waals surface area (Å²) in [6, 6.07) is 15.0. The molecular formula is C23H31N4O3+. The number of carbonyl (C=O) groups is 3. The lowest BCUT2D eigenvalue weighted by molar-refractivity contribution is -0.885. The zero-order chi connectivity index (χ0) is 22.1. The smallest absolute Gasteiger partial charge is 0.277 e. The number of carbonyl (C=O) groups excluding carboxylic acids is 3. The molecule has 0 bridgehead atoms. The van der Waals surface area contributed by atoms with Crippen LogP contribution in [0.5, 0.6) is 0 Å². The van der Waals surface area contributed by atoms with Crippen molar-refractivity contribution in [1.82, 2.24) is 10.2 Å². The average molecular weight is 412 g/mol. The van der Waals surface area contributed by atoms with Crippen molar-refractivity contribution in [3.8, 4) is 0 Å². The summed E-state index contributed by atoms with van der Waals surface area (Å²) in [5, 5.41) is 5.48. The molecule has 0 saturated heterocycles. The number of rotatable bonds is 9. The minimum absolute atomic E-state index is 0.00495. The van der Waals surface area contributed by atoms with Gasteiger partial charge < -0.3 is 20.4 Å². The Morgan fingerprint density at radius 2 is 1.70 bits per heavy atom. The SMILES string of the molecule is CCc1ccccc1NC(=O)CN(C)C(=O)C[NH+](C)Cc1ccc(C(=O)NC)cc1. The van der Waals surface area contributed by atoms with Crippen LogP contribution in [0.1, 0.15) is 28.4 Å². The predicted molar refractivity (Wildman–Crippen MR) is 117 cm³/mol. The van der Waals surface area contributed by atoms with Crippen molar-refractivity contribution in [3.63, 3.8) is 0 Å². The first-order valence-corrected chi connectivity index (χ1v) is 10.1. The topological polar surface area (TPSA) is 83.0 Å². The van der Waals surface area contributed by atoms with Crippen LogP contribution in [0.2, 0.25) is 0 Å². The number of anilines is 1. The highest BCUT2D eigenvalue weighted by molar-refractivity contribution is 5.95. The zero-order valence-electron chi connectivity index (χ0n) is 18.1. The highest BCUT2D eigenvalue weighted by Crippen LogP contribution is 2.15. The molecule has 30 heavy (non-hydrogen) atoms. The lowest BCUT2D eigenvalue weighted by atomic mass is 10.1. The summed E-state index contributed by atoms with van der Waals surface area (Å²) in [6.07, 6.45) is 0.823. The average Bonchev–Trinajstić information content (AvgIpc) is 2.73. The minimum Gasteiger partial charge on any atom is -0.355 e. The molecule has 0 aromatic heterocycles. The van der Waals surface area contributed by atoms with Crippen LogP contribution in [0.15, 0.2) is 48.5 Å². The molecule has 0 radical (unpaired) electrons. The number of nitrogens with zero attached hydrogens (tertiary/aromatic N) is 1. The van der Waals surface area contributed by atoms with E-state index in [1.807, 2.05) is 50.4 Å². The number of likely N-dealkylation sites (N-methyl/N-ethyl adjacent to an activating group) is 2. The van der Waals surface area contributed by atoms with Crippen LogP contribution < -0.4 is 15.5 Å². The Labute approximate surface area is 178 Å². The summed E-state index contributed by atoms with van der Waals surface area (Å²) in [5.41, 5.74) is 3.48. The van der Waals surface area contributed by atoms with Gasteiger partial charge in [0.2, 0.25) is 5.91 Å². The van der Waals surface area contributed by atoms with Gasteiger partial charge in [-0.2, -0.15) is 0 Å². The van der Waals surface area contributed by atoms with Crippen LogP contribution in [-0.2, 0) is 22.6 Å². The fourth-order valence-corrected chi connectivity index (χ4v) is 3.17. The number of amides is 3. The Balaban J connectivity index is 1.84. The molecule has 0 aliphatic heterocycles. The van der Waals surface area contributed by atoms with Crippen LogP contribution in [-0.4, -0.2) is 56.9 Å². The fourth-order valence-electron chi connectivity index (χ4n) is 3.17. The van der Waals surface area contributed by atoms with E-state index >= 15 is 0 Å². The lowest BCUT2D eigenvalue weighted by Gasteiger charge is -2.20. The van der Waals surface area contributed by atoms with E-state index in [1.165, 1.54) is 4.90 Å². The molecule has 0 heterocycles. The highest BCUT2D eigenvalue weighted by Gasteiger charge is 2.18. The molecule has 160 valence electrons. The Bertz CT molecular complexity index is 880. The van der Waals surface area contributed by atoms with E-state index in [4.69, 9.17) is 0 Å². The number of aryl methyl sites for hydroxylation is 1. The van der Waals surface area contributed by atoms with Crippen molar-refractivity contribution >= 4 is 23.4 Å². The second kappa shape index (κ2) is 11.1. The van der Waals surface area contributed by atoms with Crippen molar-refractivity contribution in [1.29, 1.82) is 0 Å². The summed E-state index contributed by atoms with van der Waals surface area (Å²) in [7, 11) is 5.16. The predicted octanol–water partition coefficient (Wildman–Crippen LogP) is 0.720. The van der Waals surface area contributed by atoms with Gasteiger partial charge in [-0.05, 0) is 30.2 Å². The summed E-state index contributed by atoms with van der Waals surface area (Å²) in [4.78, 5) is 38.9. The van der Waals surface area contributed by atoms with Gasteiger partial charge in [0.25, 0.3) is 11.8 Å². The molecule has 0 aliphatic rings. The number of benzene rings is 2. The Kier molecular flexibility index (Phi) is 8.55. The molecule has 7 nitrogen and oxygen atoms in total. The molecule has 3 N–H and O–H groups in total. The zero-order valence-corrected chi connectivity index (χ0v) is 18.1. The molecule has 0 fully saturated rings. The lowest BCUT2D eigenvalue weighted by Crippen LogP contribution is -3.08. The van der Waals surface area contributed by atoms with Crippen molar-refractivity contribution in [2.45, 2.75) is 19.9 Å². The number of hydrogen-bond donors (Lipinski definition) is 3. The standard InChI is InChI=1S/C23H30N4O3/c1-5-18-8-6-7-9-20(18)25-21(28)15-27(4)22(29)16-26(3)14-17-10-12-19(13-11-17)23(30)24-2/h6-13H,5,14-16H2,1-4H3,(H,24,30)(H,25,28)/p+1. The first kappa shape index (κ1) is 23.1. The van der Waals surface area contributed by atoms with Gasteiger partial charge in [0, 0.05) is 30.9 Å². The molecule has 2 aromatic rings. The Morgan fingerprint density at radius 3 is 2.33 bits per heavy atom. The van der Waals surface area contributed by atoms with Gasteiger partial charge in [-0.3, -0.25) is 14.4 Å². The van der Waals surface area contributed by atoms with Crippen molar-refractivity contribution in [3.05, 3.63) is 65.2 Å². The first-order valence-electron chi connectivity index (χ1n) is 10.1. The van der Waals surface area contributed by atoms with Crippen molar-refractivity contribution < 1.29 is 19.3 Å². The van der Waals surface area contributed by atoms with E-state index in [0.717, 1.165) is 28.1 Å². The molecule has 3 amide bonds. The monoisotopic (exact) mass is 411 g/mol. The van der Waals surface area contributed by atoms with Gasteiger partial charge >= 0.3 is 0 Å². The fraction of sp³-hybridized carbons (Fsp3) is 0.348. The molecule has 1 atom stereocenters. The molecule has 7 heteroatoms. The Hall–Kier alpha value is -3.19. The van der Waals surface area contributed by atoms with Crippen LogP contribution in [0, 0.1) is 0 Å². The maximum atomic E-state index is 12.5. The summed E-state index contributed by atoms with van der Waals surface area (Å²) >= 11 is 0. The minimum atomic E-state index is -0.214. The van der Waals surface area contributed by atoms with Crippen LogP contribution >= 0.6 is 0 Å². The van der Waals surface area contributed by atoms with E-state index in [1.54, 1.807) is 26.2 Å². The second-order valence-corrected chi connectivity index (χ2v) is 7.40. The van der Waals surface area contributed by atoms with E-state index < -0.39 is 0 Å². The summed E-state index contributed by atoms with van der Waals surface area (Å²) in [6.45, 7) is 2.95. The highest BCUT2D eigenvalue weighted by atomic mass is 16.2. The molecule has 2 rings (SSSR count). The van der Waals surface area contributed by atoms with E-state index in [2.05, 4.69) is 10.6 Å². The summed E-state index contributed by atoms with van der Waals surface area (Å²) in [5.74, 6) is -0.443. The van der Waals surface area contributed by atoms with E-state index in [9.17, 15) is 14.4 Å². The number of nitrogens with one attached hydrogen (secondary N) is 3. The van der Waals surface area contributed by atoms with Crippen LogP contribution in [0.3, 0.4) is 0 Å². The maximum absolute atomic E-state index is 12.5. The van der Waals surface area contributed by atoms with E-state index in [0.29, 0.717) is 12.1 Å². The third-order valence-electron chi connectivity index (χ3n) is 4.88. The van der Waals surface area contributed by atoms with Crippen LogP contribution in [0.4, 0.5) is 5.69 Å². The van der Waals surface area contributed by atoms with Crippen LogP contribution in [0.25, 0.3) is 0 Å². The summed E-state index contributed by atoms with van der Waals surface area (Å²) < 4.78 is 0. The molecule has 2 aromatic carbocycles. The molecule has 0 aliphatic carbocycles. The quantitative estimate of drug-likeness (QED) is 0.569. The second-order valence-electron chi connectivity index (χ2n) is 7.40. The van der Waals surface area contributed by atoms with Gasteiger partial charge in [0.1, 0.15) is 6.54 Å². The third-order valence-corrected chi connectivity index (χ3v) is 4.88. The van der Waals surface area contributed by atoms with E-state index in [-0.39, 0.29) is 30.8 Å². The van der Waals surface area contributed by atoms with Gasteiger partial charge in [0.15, 0.2) is 6.54 Å². The molecule has 0 saturated carbocycles. The van der Waals surface area contributed by atoms with Gasteiger partial charge in [-0.1, -0.05) is 37.3 Å². The normalized spacial score (nSPS) is 11.5. The number of quaternary nitrogens is 1. The van der Waals surface area contributed by atoms with Gasteiger partial charge in [0.05, 0.1) is 13.6 Å².